The van der Waals surface area contributed by atoms with E-state index in [-0.39, 0.29) is 0 Å². The molecule has 0 aromatic carbocycles. The van der Waals surface area contributed by atoms with Gasteiger partial charge >= 0.3 is 0 Å². The first-order valence-electron chi connectivity index (χ1n) is 8.57. The van der Waals surface area contributed by atoms with E-state index in [1.165, 1.54) is 25.7 Å². The molecule has 3 heterocycles. The van der Waals surface area contributed by atoms with E-state index in [1.54, 1.807) is 6.20 Å². The SMILES string of the molecule is N#CCC[C@@H](C1CCCC1)n1cc(-c2cnnc3[nH]ccc23)cn1. The summed E-state index contributed by atoms with van der Waals surface area (Å²) < 4.78 is 2.07. The lowest BCUT2D eigenvalue weighted by atomic mass is 9.94. The Kier molecular flexibility index (Phi) is 3.99. The van der Waals surface area contributed by atoms with Gasteiger partial charge in [-0.25, -0.2) is 0 Å². The van der Waals surface area contributed by atoms with Crippen LogP contribution in [0, 0.1) is 17.2 Å². The van der Waals surface area contributed by atoms with Crippen molar-refractivity contribution < 1.29 is 0 Å². The fourth-order valence-electron chi connectivity index (χ4n) is 3.90. The van der Waals surface area contributed by atoms with E-state index < -0.39 is 0 Å². The number of aromatic amines is 1. The molecule has 0 spiro atoms. The van der Waals surface area contributed by atoms with Gasteiger partial charge in [-0.15, -0.1) is 5.10 Å². The van der Waals surface area contributed by atoms with Crippen LogP contribution in [-0.4, -0.2) is 25.0 Å². The fourth-order valence-corrected chi connectivity index (χ4v) is 3.90. The van der Waals surface area contributed by atoms with Crippen molar-refractivity contribution in [3.05, 3.63) is 30.9 Å². The van der Waals surface area contributed by atoms with Crippen molar-refractivity contribution in [2.24, 2.45) is 5.92 Å². The highest BCUT2D eigenvalue weighted by atomic mass is 15.3. The van der Waals surface area contributed by atoms with Gasteiger partial charge in [0.25, 0.3) is 0 Å². The molecule has 6 heteroatoms. The van der Waals surface area contributed by atoms with Crippen molar-refractivity contribution in [1.82, 2.24) is 25.0 Å². The average molecular weight is 320 g/mol. The number of fused-ring (bicyclic) bond motifs is 1. The van der Waals surface area contributed by atoms with Gasteiger partial charge in [0.05, 0.1) is 24.5 Å². The highest BCUT2D eigenvalue weighted by Crippen LogP contribution is 2.37. The Bertz CT molecular complexity index is 865. The molecule has 0 bridgehead atoms. The molecule has 1 fully saturated rings. The van der Waals surface area contributed by atoms with Crippen LogP contribution in [-0.2, 0) is 0 Å². The standard InChI is InChI=1S/C18H20N6/c19-8-3-6-17(13-4-1-2-5-13)24-12-14(10-22-24)16-11-21-23-18-15(16)7-9-20-18/h7,9-13,17H,1-6H2,(H,20,23)/t17-/m0/s1. The Morgan fingerprint density at radius 3 is 3.04 bits per heavy atom. The summed E-state index contributed by atoms with van der Waals surface area (Å²) in [5.41, 5.74) is 2.88. The maximum absolute atomic E-state index is 8.98. The van der Waals surface area contributed by atoms with Crippen LogP contribution in [0.25, 0.3) is 22.2 Å². The number of nitriles is 1. The van der Waals surface area contributed by atoms with Crippen molar-refractivity contribution in [2.45, 2.75) is 44.6 Å². The first kappa shape index (κ1) is 14.9. The van der Waals surface area contributed by atoms with E-state index in [0.717, 1.165) is 28.6 Å². The zero-order valence-corrected chi connectivity index (χ0v) is 13.5. The predicted molar refractivity (Wildman–Crippen MR) is 91.0 cm³/mol. The second kappa shape index (κ2) is 6.44. The molecule has 1 N–H and O–H groups in total. The molecule has 4 rings (SSSR count). The minimum absolute atomic E-state index is 0.317. The maximum Gasteiger partial charge on any atom is 0.160 e. The topological polar surface area (TPSA) is 83.2 Å². The number of aromatic nitrogens is 5. The normalized spacial score (nSPS) is 16.5. The van der Waals surface area contributed by atoms with Gasteiger partial charge in [-0.3, -0.25) is 4.68 Å². The summed E-state index contributed by atoms with van der Waals surface area (Å²) in [6, 6.07) is 4.62. The van der Waals surface area contributed by atoms with Crippen LogP contribution in [0.5, 0.6) is 0 Å². The largest absolute Gasteiger partial charge is 0.345 e. The van der Waals surface area contributed by atoms with Gasteiger partial charge in [-0.05, 0) is 31.2 Å². The molecule has 3 aromatic rings. The zero-order chi connectivity index (χ0) is 16.4. The van der Waals surface area contributed by atoms with Crippen LogP contribution in [0.2, 0.25) is 0 Å². The molecule has 0 unspecified atom stereocenters. The van der Waals surface area contributed by atoms with E-state index in [0.29, 0.717) is 18.4 Å². The van der Waals surface area contributed by atoms with Gasteiger partial charge in [0.1, 0.15) is 0 Å². The van der Waals surface area contributed by atoms with Gasteiger partial charge in [0.15, 0.2) is 5.65 Å². The lowest BCUT2D eigenvalue weighted by molar-refractivity contribution is 0.295. The van der Waals surface area contributed by atoms with E-state index in [1.807, 2.05) is 18.5 Å². The third kappa shape index (κ3) is 2.67. The van der Waals surface area contributed by atoms with Crippen molar-refractivity contribution in [3.8, 4) is 17.2 Å². The molecule has 122 valence electrons. The van der Waals surface area contributed by atoms with E-state index >= 15 is 0 Å². The summed E-state index contributed by atoms with van der Waals surface area (Å²) in [6.45, 7) is 0. The molecule has 1 saturated carbocycles. The Labute approximate surface area is 140 Å². The summed E-state index contributed by atoms with van der Waals surface area (Å²) >= 11 is 0. The van der Waals surface area contributed by atoms with Gasteiger partial charge in [0, 0.05) is 35.3 Å². The summed E-state index contributed by atoms with van der Waals surface area (Å²) in [7, 11) is 0. The predicted octanol–water partition coefficient (Wildman–Crippen LogP) is 3.86. The minimum atomic E-state index is 0.317. The molecule has 1 aliphatic carbocycles. The number of hydrogen-bond donors (Lipinski definition) is 1. The molecule has 6 nitrogen and oxygen atoms in total. The molecule has 1 aliphatic rings. The molecular weight excluding hydrogens is 300 g/mol. The molecular formula is C18H20N6. The monoisotopic (exact) mass is 320 g/mol. The number of nitrogens with one attached hydrogen (secondary N) is 1. The lowest BCUT2D eigenvalue weighted by Gasteiger charge is -2.23. The van der Waals surface area contributed by atoms with Crippen LogP contribution in [0.4, 0.5) is 0 Å². The molecule has 24 heavy (non-hydrogen) atoms. The fraction of sp³-hybridized carbons (Fsp3) is 0.444. The summed E-state index contributed by atoms with van der Waals surface area (Å²) in [5.74, 6) is 0.633. The van der Waals surface area contributed by atoms with Gasteiger partial charge < -0.3 is 4.98 Å². The second-order valence-electron chi connectivity index (χ2n) is 6.52. The third-order valence-electron chi connectivity index (χ3n) is 5.11. The first-order valence-corrected chi connectivity index (χ1v) is 8.57. The average Bonchev–Trinajstić information content (AvgIpc) is 3.36. The second-order valence-corrected chi connectivity index (χ2v) is 6.52. The smallest absolute Gasteiger partial charge is 0.160 e. The molecule has 0 radical (unpaired) electrons. The van der Waals surface area contributed by atoms with Gasteiger partial charge in [0.2, 0.25) is 0 Å². The molecule has 0 amide bonds. The Morgan fingerprint density at radius 2 is 2.21 bits per heavy atom. The minimum Gasteiger partial charge on any atom is -0.345 e. The quantitative estimate of drug-likeness (QED) is 0.774. The zero-order valence-electron chi connectivity index (χ0n) is 13.5. The Hall–Kier alpha value is -2.68. The van der Waals surface area contributed by atoms with Crippen LogP contribution in [0.1, 0.15) is 44.6 Å². The summed E-state index contributed by atoms with van der Waals surface area (Å²) in [5, 5.41) is 22.9. The first-order chi connectivity index (χ1) is 11.9. The number of H-pyrrole nitrogens is 1. The van der Waals surface area contributed by atoms with Crippen LogP contribution in [0.3, 0.4) is 0 Å². The Morgan fingerprint density at radius 1 is 1.33 bits per heavy atom. The maximum atomic E-state index is 8.98. The van der Waals surface area contributed by atoms with E-state index in [4.69, 9.17) is 5.26 Å². The van der Waals surface area contributed by atoms with Gasteiger partial charge in [-0.1, -0.05) is 12.8 Å². The number of nitrogens with zero attached hydrogens (tertiary/aromatic N) is 5. The van der Waals surface area contributed by atoms with Crippen molar-refractivity contribution in [3.63, 3.8) is 0 Å². The molecule has 0 aliphatic heterocycles. The highest BCUT2D eigenvalue weighted by Gasteiger charge is 2.27. The van der Waals surface area contributed by atoms with Crippen LogP contribution in [0.15, 0.2) is 30.9 Å². The summed E-state index contributed by atoms with van der Waals surface area (Å²) in [6.07, 6.45) is 14.2. The van der Waals surface area contributed by atoms with Crippen molar-refractivity contribution in [2.75, 3.05) is 0 Å². The van der Waals surface area contributed by atoms with Crippen molar-refractivity contribution >= 4 is 11.0 Å². The van der Waals surface area contributed by atoms with Crippen molar-refractivity contribution in [1.29, 1.82) is 5.26 Å². The highest BCUT2D eigenvalue weighted by molar-refractivity contribution is 5.91. The van der Waals surface area contributed by atoms with E-state index in [9.17, 15) is 0 Å². The molecule has 3 aromatic heterocycles. The molecule has 0 saturated heterocycles. The molecule has 1 atom stereocenters. The number of hydrogen-bond acceptors (Lipinski definition) is 4. The van der Waals surface area contributed by atoms with Crippen LogP contribution >= 0.6 is 0 Å². The number of rotatable bonds is 5. The summed E-state index contributed by atoms with van der Waals surface area (Å²) in [4.78, 5) is 3.10. The van der Waals surface area contributed by atoms with Crippen LogP contribution < -0.4 is 0 Å². The van der Waals surface area contributed by atoms with Gasteiger partial charge in [-0.2, -0.15) is 15.5 Å². The lowest BCUT2D eigenvalue weighted by Crippen LogP contribution is -2.17. The Balaban J connectivity index is 1.67. The van der Waals surface area contributed by atoms with E-state index in [2.05, 4.69) is 37.2 Å². The third-order valence-corrected chi connectivity index (χ3v) is 5.11.